The number of carbonyl (C=O) groups is 10. The van der Waals surface area contributed by atoms with Gasteiger partial charge in [0, 0.05) is 68.4 Å². The Kier molecular flexibility index (Phi) is 27.0. The van der Waals surface area contributed by atoms with Gasteiger partial charge in [-0.1, -0.05) is 102 Å². The number of aromatic amines is 1. The summed E-state index contributed by atoms with van der Waals surface area (Å²) in [4.78, 5) is 161. The van der Waals surface area contributed by atoms with Crippen molar-refractivity contribution < 1.29 is 47.9 Å². The van der Waals surface area contributed by atoms with E-state index >= 15 is 9.59 Å². The van der Waals surface area contributed by atoms with E-state index in [0.29, 0.717) is 29.8 Å². The number of H-pyrrole nitrogens is 1. The van der Waals surface area contributed by atoms with Gasteiger partial charge in [-0.25, -0.2) is 4.98 Å². The molecule has 1 aromatic heterocycles. The third-order valence-corrected chi connectivity index (χ3v) is 16.8. The smallest absolute Gasteiger partial charge is 0.244 e. The molecule has 478 valence electrons. The first-order chi connectivity index (χ1) is 42.7. The van der Waals surface area contributed by atoms with Crippen LogP contribution in [-0.4, -0.2) is 167 Å². The van der Waals surface area contributed by atoms with Gasteiger partial charge in [0.25, 0.3) is 0 Å². The Morgan fingerprint density at radius 3 is 1.76 bits per heavy atom. The minimum Gasteiger partial charge on any atom is -0.370 e. The van der Waals surface area contributed by atoms with Crippen LogP contribution in [0.1, 0.15) is 88.0 Å². The largest absolute Gasteiger partial charge is 0.370 e. The van der Waals surface area contributed by atoms with E-state index in [1.807, 2.05) is 49.4 Å². The predicted octanol–water partition coefficient (Wildman–Crippen LogP) is -1.57. The van der Waals surface area contributed by atoms with E-state index in [2.05, 4.69) is 72.8 Å². The van der Waals surface area contributed by atoms with Crippen molar-refractivity contribution in [2.45, 2.75) is 132 Å². The Labute approximate surface area is 521 Å². The van der Waals surface area contributed by atoms with Crippen LogP contribution in [-0.2, 0) is 60.8 Å². The van der Waals surface area contributed by atoms with Gasteiger partial charge in [-0.15, -0.1) is 0 Å². The van der Waals surface area contributed by atoms with Crippen molar-refractivity contribution in [3.63, 3.8) is 0 Å². The van der Waals surface area contributed by atoms with Crippen LogP contribution in [0, 0.1) is 0 Å². The number of nitrogens with zero attached hydrogens (tertiary/aromatic N) is 4. The number of imidazole rings is 1. The molecule has 1 saturated heterocycles. The minimum absolute atomic E-state index is 0.0212. The SMILES string of the molecule is CCCCC1NC(=O)C(NC(C)=O)CSSC[C@@H](C(N)=O)NC(=O)CNC(=O)C(CC2C=Nc3ccccc32)NC(=O)[C@H](CCCN=C(N)N)NC(=O)C(Cc2ccc3ccccc3c2)NC(=O)[C@H](Cc2cnc[nH]2)NC(=O)C(CCCN=C(N)N)NC1=O. The standard InChI is InChI=1S/C58H79N19O10S2/c1-3-4-14-40-51(82)72-41(16-9-20-65-57(60)61)53(84)77-45(25-37-27-64-31-69-37)55(86)75-43(23-33-18-19-34-11-5-6-12-35(34)22-33)54(85)73-42(17-10-21-66-58(62)63)52(83)76-44(24-36-26-67-39-15-8-7-13-38(36)39)50(81)68-28-48(79)71-46(49(59)80)29-88-89-30-47(56(87)74-40)70-32(2)78/h5-8,11-13,15,18-19,22,26-27,31,36,40-47H,3-4,9-10,14,16-17,20-21,23-25,28-30H2,1-2H3,(H2,59,80)(H,64,69)(H,68,81)(H,70,78)(H,71,79)(H,72,82)(H,73,85)(H,74,87)(H,75,86)(H,76,83)(H,77,84)(H4,60,61,65)(H4,62,63,66)/t36?,40?,41?,42-,43?,44?,45-,46-,47?/m0/s1. The lowest BCUT2D eigenvalue weighted by Crippen LogP contribution is -2.61. The van der Waals surface area contributed by atoms with Crippen LogP contribution in [0.4, 0.5) is 5.69 Å². The van der Waals surface area contributed by atoms with Crippen LogP contribution in [0.15, 0.2) is 94.2 Å². The van der Waals surface area contributed by atoms with Crippen molar-refractivity contribution >= 4 is 115 Å². The first-order valence-corrected chi connectivity index (χ1v) is 31.6. The van der Waals surface area contributed by atoms with E-state index in [4.69, 9.17) is 28.7 Å². The van der Waals surface area contributed by atoms with Gasteiger partial charge in [-0.05, 0) is 66.5 Å². The summed E-state index contributed by atoms with van der Waals surface area (Å²) in [5, 5.41) is 26.0. The second-order valence-corrected chi connectivity index (χ2v) is 23.9. The number of nitrogens with two attached hydrogens (primary N) is 5. The molecule has 2 aliphatic rings. The monoisotopic (exact) mass is 1270 g/mol. The van der Waals surface area contributed by atoms with Crippen LogP contribution >= 0.6 is 21.6 Å². The Morgan fingerprint density at radius 1 is 0.618 bits per heavy atom. The molecule has 0 spiro atoms. The number of rotatable bonds is 19. The van der Waals surface area contributed by atoms with Crippen molar-refractivity contribution in [3.05, 3.63) is 96.1 Å². The van der Waals surface area contributed by atoms with E-state index < -0.39 is 120 Å². The maximum absolute atomic E-state index is 15.1. The molecule has 6 rings (SSSR count). The summed E-state index contributed by atoms with van der Waals surface area (Å²) in [6.45, 7) is 2.44. The van der Waals surface area contributed by atoms with Crippen LogP contribution in [0.25, 0.3) is 10.8 Å². The van der Waals surface area contributed by atoms with E-state index in [0.717, 1.165) is 37.9 Å². The van der Waals surface area contributed by atoms with Crippen molar-refractivity contribution in [2.24, 2.45) is 43.6 Å². The number of unbranched alkanes of at least 4 members (excludes halogenated alkanes) is 1. The Hall–Kier alpha value is -9.26. The fourth-order valence-corrected chi connectivity index (χ4v) is 12.1. The second-order valence-electron chi connectivity index (χ2n) is 21.3. The molecule has 6 unspecified atom stereocenters. The van der Waals surface area contributed by atoms with Gasteiger partial charge in [-0.3, -0.25) is 62.9 Å². The van der Waals surface area contributed by atoms with E-state index in [1.165, 1.54) is 19.4 Å². The molecule has 29 nitrogen and oxygen atoms in total. The predicted molar refractivity (Wildman–Crippen MR) is 339 cm³/mol. The second kappa shape index (κ2) is 34.9. The Bertz CT molecular complexity index is 3230. The maximum Gasteiger partial charge on any atom is 0.244 e. The molecule has 2 aliphatic heterocycles. The van der Waals surface area contributed by atoms with Gasteiger partial charge in [-0.2, -0.15) is 0 Å². The molecule has 0 radical (unpaired) electrons. The number of hydrogen-bond acceptors (Lipinski definition) is 16. The van der Waals surface area contributed by atoms with E-state index in [9.17, 15) is 38.4 Å². The number of para-hydroxylation sites is 1. The number of primary amides is 1. The van der Waals surface area contributed by atoms with E-state index in [1.54, 1.807) is 30.5 Å². The number of nitrogens with one attached hydrogen (secondary N) is 10. The van der Waals surface area contributed by atoms with Gasteiger partial charge in [0.1, 0.15) is 48.3 Å². The molecular weight excluding hydrogens is 1190 g/mol. The highest BCUT2D eigenvalue weighted by Gasteiger charge is 2.36. The Balaban J connectivity index is 1.42. The molecule has 1 fully saturated rings. The number of benzene rings is 3. The lowest BCUT2D eigenvalue weighted by molar-refractivity contribution is -0.136. The lowest BCUT2D eigenvalue weighted by atomic mass is 9.93. The van der Waals surface area contributed by atoms with Crippen LogP contribution in [0.2, 0.25) is 0 Å². The summed E-state index contributed by atoms with van der Waals surface area (Å²) >= 11 is 0. The summed E-state index contributed by atoms with van der Waals surface area (Å²) in [7, 11) is 2.08. The fraction of sp³-hybridized carbons (Fsp3) is 0.448. The van der Waals surface area contributed by atoms with E-state index in [-0.39, 0.29) is 87.9 Å². The third-order valence-electron chi connectivity index (χ3n) is 14.3. The molecule has 0 bridgehead atoms. The molecule has 0 saturated carbocycles. The van der Waals surface area contributed by atoms with Crippen molar-refractivity contribution in [2.75, 3.05) is 31.1 Å². The molecule has 89 heavy (non-hydrogen) atoms. The van der Waals surface area contributed by atoms with Gasteiger partial charge < -0.3 is 81.5 Å². The summed E-state index contributed by atoms with van der Waals surface area (Å²) < 4.78 is 0. The highest BCUT2D eigenvalue weighted by molar-refractivity contribution is 8.76. The molecule has 10 amide bonds. The minimum atomic E-state index is -1.48. The molecule has 3 aromatic carbocycles. The summed E-state index contributed by atoms with van der Waals surface area (Å²) in [6.07, 6.45) is 5.19. The lowest BCUT2D eigenvalue weighted by Gasteiger charge is -2.28. The number of amides is 10. The zero-order valence-corrected chi connectivity index (χ0v) is 51.1. The van der Waals surface area contributed by atoms with Crippen molar-refractivity contribution in [3.8, 4) is 0 Å². The first-order valence-electron chi connectivity index (χ1n) is 29.1. The highest BCUT2D eigenvalue weighted by Crippen LogP contribution is 2.34. The van der Waals surface area contributed by atoms with Gasteiger partial charge >= 0.3 is 0 Å². The number of carbonyl (C=O) groups excluding carboxylic acids is 10. The van der Waals surface area contributed by atoms with Crippen molar-refractivity contribution in [1.82, 2.24) is 57.8 Å². The normalized spacial score (nSPS) is 23.0. The molecule has 20 N–H and O–H groups in total. The zero-order valence-electron chi connectivity index (χ0n) is 49.5. The number of fused-ring (bicyclic) bond motifs is 2. The number of aliphatic imine (C=N–C) groups is 3. The first kappa shape index (κ1) is 68.8. The van der Waals surface area contributed by atoms with Gasteiger partial charge in [0.2, 0.25) is 59.1 Å². The van der Waals surface area contributed by atoms with Crippen LogP contribution in [0.5, 0.6) is 0 Å². The average Bonchev–Trinajstić information content (AvgIpc) is 2.37. The zero-order chi connectivity index (χ0) is 64.4. The molecule has 9 atom stereocenters. The van der Waals surface area contributed by atoms with Gasteiger partial charge in [0.15, 0.2) is 11.9 Å². The fourth-order valence-electron chi connectivity index (χ4n) is 9.73. The average molecular weight is 1270 g/mol. The van der Waals surface area contributed by atoms with Crippen LogP contribution in [0.3, 0.4) is 0 Å². The highest BCUT2D eigenvalue weighted by atomic mass is 33.1. The topological polar surface area (TPSA) is 475 Å². The molecule has 4 aromatic rings. The van der Waals surface area contributed by atoms with Gasteiger partial charge in [0.05, 0.1) is 18.6 Å². The molecule has 31 heteroatoms. The third kappa shape index (κ3) is 22.4. The summed E-state index contributed by atoms with van der Waals surface area (Å²) in [5.74, 6) is -9.30. The Morgan fingerprint density at radius 2 is 1.17 bits per heavy atom. The molecule has 3 heterocycles. The maximum atomic E-state index is 15.1. The summed E-state index contributed by atoms with van der Waals surface area (Å²) in [6, 6.07) is 9.19. The van der Waals surface area contributed by atoms with Crippen LogP contribution < -0.4 is 76.5 Å². The molecule has 0 aliphatic carbocycles. The summed E-state index contributed by atoms with van der Waals surface area (Å²) in [5.41, 5.74) is 30.6. The van der Waals surface area contributed by atoms with Crippen molar-refractivity contribution in [1.29, 1.82) is 0 Å². The quantitative estimate of drug-likeness (QED) is 0.0218. The number of guanidine groups is 2. The number of aromatic nitrogens is 2. The molecular formula is C58H79N19O10S2. The number of hydrogen-bond donors (Lipinski definition) is 15.